The summed E-state index contributed by atoms with van der Waals surface area (Å²) in [6, 6.07) is 18.9. The van der Waals surface area contributed by atoms with E-state index in [0.717, 1.165) is 11.1 Å². The van der Waals surface area contributed by atoms with Crippen molar-refractivity contribution in [2.45, 2.75) is 74.3 Å². The van der Waals surface area contributed by atoms with Crippen molar-refractivity contribution in [3.05, 3.63) is 71.8 Å². The Hall–Kier alpha value is -2.20. The van der Waals surface area contributed by atoms with Crippen molar-refractivity contribution in [1.29, 1.82) is 0 Å². The van der Waals surface area contributed by atoms with Crippen LogP contribution in [0.1, 0.15) is 37.8 Å². The molecule has 11 heteroatoms. The Balaban J connectivity index is 1.90. The molecule has 5 atom stereocenters. The van der Waals surface area contributed by atoms with Gasteiger partial charge in [-0.25, -0.2) is 0 Å². The van der Waals surface area contributed by atoms with Crippen molar-refractivity contribution in [3.63, 3.8) is 0 Å². The number of hydrogen-bond acceptors (Lipinski definition) is 7. The van der Waals surface area contributed by atoms with Gasteiger partial charge in [0, 0.05) is 6.42 Å². The molecule has 2 aromatic rings. The summed E-state index contributed by atoms with van der Waals surface area (Å²) in [6.45, 7) is 3.52. The highest BCUT2D eigenvalue weighted by Crippen LogP contribution is 2.31. The van der Waals surface area contributed by atoms with Crippen LogP contribution in [0.2, 0.25) is 0 Å². The van der Waals surface area contributed by atoms with Gasteiger partial charge in [-0.05, 0) is 25.0 Å². The van der Waals surface area contributed by atoms with E-state index < -0.39 is 46.3 Å². The summed E-state index contributed by atoms with van der Waals surface area (Å²) < 4.78 is 22.0. The minimum absolute atomic E-state index is 0.00251. The Kier molecular flexibility index (Phi) is 11.4. The smallest absolute Gasteiger partial charge is 0.306 e. The minimum Gasteiger partial charge on any atom is -0.455 e. The van der Waals surface area contributed by atoms with Gasteiger partial charge in [0.25, 0.3) is 9.70 Å². The Bertz CT molecular complexity index is 1070. The van der Waals surface area contributed by atoms with Crippen LogP contribution < -0.4 is 5.32 Å². The quantitative estimate of drug-likeness (QED) is 0.302. The summed E-state index contributed by atoms with van der Waals surface area (Å²) >= 11 is 17.3. The molecule has 1 fully saturated rings. The molecule has 3 rings (SSSR count). The van der Waals surface area contributed by atoms with Crippen molar-refractivity contribution in [2.75, 3.05) is 0 Å². The number of halogens is 3. The summed E-state index contributed by atoms with van der Waals surface area (Å²) in [5.41, 5.74) is 1.79. The first-order valence-corrected chi connectivity index (χ1v) is 13.2. The molecule has 0 spiro atoms. The van der Waals surface area contributed by atoms with Crippen molar-refractivity contribution in [3.8, 4) is 0 Å². The van der Waals surface area contributed by atoms with E-state index in [0.29, 0.717) is 0 Å². The van der Waals surface area contributed by atoms with E-state index in [2.05, 4.69) is 5.32 Å². The summed E-state index contributed by atoms with van der Waals surface area (Å²) in [5, 5.41) is 2.50. The lowest BCUT2D eigenvalue weighted by atomic mass is 9.97. The Morgan fingerprint density at radius 3 is 1.87 bits per heavy atom. The number of hydrogen-bond donors (Lipinski definition) is 1. The molecule has 8 nitrogen and oxygen atoms in total. The summed E-state index contributed by atoms with van der Waals surface area (Å²) in [5.74, 6) is -1.81. The molecule has 0 bridgehead atoms. The molecule has 38 heavy (non-hydrogen) atoms. The predicted octanol–water partition coefficient (Wildman–Crippen LogP) is 4.67. The van der Waals surface area contributed by atoms with E-state index in [1.54, 1.807) is 6.92 Å². The van der Waals surface area contributed by atoms with Crippen LogP contribution in [0.4, 0.5) is 0 Å². The Morgan fingerprint density at radius 2 is 1.37 bits per heavy atom. The number of benzene rings is 2. The molecule has 1 saturated heterocycles. The number of alkyl halides is 3. The normalized spacial score (nSPS) is 23.4. The van der Waals surface area contributed by atoms with Gasteiger partial charge in [0.1, 0.15) is 18.0 Å². The lowest BCUT2D eigenvalue weighted by molar-refractivity contribution is -0.260. The average Bonchev–Trinajstić information content (AvgIpc) is 2.88. The molecule has 0 saturated carbocycles. The summed E-state index contributed by atoms with van der Waals surface area (Å²) in [6.07, 6.45) is -4.76. The molecule has 0 unspecified atom stereocenters. The third-order valence-corrected chi connectivity index (χ3v) is 6.33. The van der Waals surface area contributed by atoms with Crippen LogP contribution in [0.25, 0.3) is 0 Å². The number of esters is 1. The fourth-order valence-corrected chi connectivity index (χ4v) is 4.07. The second-order valence-corrected chi connectivity index (χ2v) is 11.2. The fourth-order valence-electron chi connectivity index (χ4n) is 3.91. The van der Waals surface area contributed by atoms with Crippen LogP contribution in [0, 0.1) is 0 Å². The highest BCUT2D eigenvalue weighted by Gasteiger charge is 2.50. The highest BCUT2D eigenvalue weighted by molar-refractivity contribution is 6.76. The molecule has 1 amide bonds. The fraction of sp³-hybridized carbons (Fsp3) is 0.444. The number of ketones is 1. The van der Waals surface area contributed by atoms with Crippen LogP contribution >= 0.6 is 34.8 Å². The first kappa shape index (κ1) is 30.3. The van der Waals surface area contributed by atoms with Crippen LogP contribution in [0.15, 0.2) is 60.7 Å². The molecular weight excluding hydrogens is 557 g/mol. The molecule has 206 valence electrons. The van der Waals surface area contributed by atoms with Gasteiger partial charge in [0.2, 0.25) is 0 Å². The van der Waals surface area contributed by atoms with Crippen LogP contribution in [-0.4, -0.2) is 52.1 Å². The van der Waals surface area contributed by atoms with Gasteiger partial charge in [-0.15, -0.1) is 0 Å². The molecule has 0 radical (unpaired) electrons. The highest BCUT2D eigenvalue weighted by atomic mass is 35.6. The minimum atomic E-state index is -2.28. The van der Waals surface area contributed by atoms with E-state index in [1.807, 2.05) is 60.7 Å². The first-order valence-electron chi connectivity index (χ1n) is 12.1. The third-order valence-electron chi connectivity index (χ3n) is 5.82. The maximum atomic E-state index is 12.7. The SMILES string of the molecule is CC(=O)CCC(=O)O[C@@H]1[C@H](OCc2ccccc2)[C@@H](OCc2ccccc2)[C@H](C)O[C@@H]1NC(=O)C(Cl)(Cl)Cl. The predicted molar refractivity (Wildman–Crippen MR) is 143 cm³/mol. The average molecular weight is 587 g/mol. The van der Waals surface area contributed by atoms with Crippen molar-refractivity contribution in [1.82, 2.24) is 5.32 Å². The standard InChI is InChI=1S/C27H30Cl3NO7/c1-17(32)13-14-21(33)38-24-23(36-16-20-11-7-4-8-12-20)22(35-15-19-9-5-3-6-10-19)18(2)37-25(24)31-26(34)27(28,29)30/h3-12,18,22-25H,13-16H2,1-2H3,(H,31,34)/t18-,22-,23+,24+,25-/m0/s1. The van der Waals surface area contributed by atoms with E-state index in [1.165, 1.54) is 6.92 Å². The van der Waals surface area contributed by atoms with Gasteiger partial charge in [-0.1, -0.05) is 95.5 Å². The van der Waals surface area contributed by atoms with Crippen molar-refractivity contribution < 1.29 is 33.3 Å². The number of amides is 1. The number of carbonyl (C=O) groups is 3. The maximum absolute atomic E-state index is 12.7. The Labute approximate surface area is 236 Å². The maximum Gasteiger partial charge on any atom is 0.306 e. The second kappa shape index (κ2) is 14.3. The van der Waals surface area contributed by atoms with Crippen LogP contribution in [0.5, 0.6) is 0 Å². The number of carbonyl (C=O) groups excluding carboxylic acids is 3. The number of Topliss-reactive ketones (excluding diaryl/α,β-unsaturated/α-hetero) is 1. The first-order chi connectivity index (χ1) is 18.0. The van der Waals surface area contributed by atoms with Crippen molar-refractivity contribution in [2.24, 2.45) is 0 Å². The van der Waals surface area contributed by atoms with Crippen LogP contribution in [0.3, 0.4) is 0 Å². The van der Waals surface area contributed by atoms with E-state index in [-0.39, 0.29) is 31.8 Å². The number of rotatable bonds is 11. The number of ether oxygens (including phenoxy) is 4. The van der Waals surface area contributed by atoms with Gasteiger partial charge in [-0.3, -0.25) is 9.59 Å². The van der Waals surface area contributed by atoms with E-state index in [9.17, 15) is 14.4 Å². The topological polar surface area (TPSA) is 100 Å². The molecule has 1 aliphatic rings. The largest absolute Gasteiger partial charge is 0.455 e. The van der Waals surface area contributed by atoms with Crippen LogP contribution in [-0.2, 0) is 46.5 Å². The Morgan fingerprint density at radius 1 is 0.842 bits per heavy atom. The molecule has 0 aromatic heterocycles. The van der Waals surface area contributed by atoms with Gasteiger partial charge >= 0.3 is 5.97 Å². The second-order valence-electron chi connectivity index (χ2n) is 8.91. The molecule has 1 N–H and O–H groups in total. The van der Waals surface area contributed by atoms with Crippen molar-refractivity contribution >= 4 is 52.5 Å². The van der Waals surface area contributed by atoms with Gasteiger partial charge < -0.3 is 29.1 Å². The summed E-state index contributed by atoms with van der Waals surface area (Å²) in [4.78, 5) is 36.7. The van der Waals surface area contributed by atoms with E-state index in [4.69, 9.17) is 53.8 Å². The third kappa shape index (κ3) is 9.22. The molecule has 0 aliphatic carbocycles. The lowest BCUT2D eigenvalue weighted by Crippen LogP contribution is -2.65. The molecule has 1 heterocycles. The van der Waals surface area contributed by atoms with Gasteiger partial charge in [-0.2, -0.15) is 0 Å². The zero-order chi connectivity index (χ0) is 27.7. The lowest BCUT2D eigenvalue weighted by Gasteiger charge is -2.45. The molecular formula is C27H30Cl3NO7. The summed E-state index contributed by atoms with van der Waals surface area (Å²) in [7, 11) is 0. The van der Waals surface area contributed by atoms with Gasteiger partial charge in [0.05, 0.1) is 25.7 Å². The zero-order valence-corrected chi connectivity index (χ0v) is 23.2. The zero-order valence-electron chi connectivity index (χ0n) is 21.0. The van der Waals surface area contributed by atoms with Gasteiger partial charge in [0.15, 0.2) is 12.3 Å². The molecule has 2 aromatic carbocycles. The number of nitrogens with one attached hydrogen (secondary N) is 1. The monoisotopic (exact) mass is 585 g/mol. The van der Waals surface area contributed by atoms with E-state index >= 15 is 0 Å². The molecule has 1 aliphatic heterocycles.